The highest BCUT2D eigenvalue weighted by atomic mass is 35.5. The first-order valence-corrected chi connectivity index (χ1v) is 13.0. The summed E-state index contributed by atoms with van der Waals surface area (Å²) in [5, 5.41) is 20.9. The number of aliphatic carboxylic acids is 2. The monoisotopic (exact) mass is 621 g/mol. The number of hydrogen-bond donors (Lipinski definition) is 3. The number of carbonyl (C=O) groups excluding carboxylic acids is 1. The van der Waals surface area contributed by atoms with E-state index in [0.29, 0.717) is 32.0 Å². The summed E-state index contributed by atoms with van der Waals surface area (Å²) in [4.78, 5) is 42.6. The Morgan fingerprint density at radius 2 is 1.77 bits per heavy atom. The number of carboxylic acid groups (broad SMARTS) is 2. The minimum Gasteiger partial charge on any atom is -0.479 e. The summed E-state index contributed by atoms with van der Waals surface area (Å²) in [6, 6.07) is 8.62. The number of amides is 1. The van der Waals surface area contributed by atoms with E-state index >= 15 is 0 Å². The Morgan fingerprint density at radius 1 is 1.12 bits per heavy atom. The first-order valence-electron chi connectivity index (χ1n) is 11.4. The quantitative estimate of drug-likeness (QED) is 0.272. The summed E-state index contributed by atoms with van der Waals surface area (Å²) < 4.78 is 37.2. The van der Waals surface area contributed by atoms with Gasteiger partial charge in [-0.2, -0.15) is 13.2 Å². The molecule has 9 nitrogen and oxygen atoms in total. The molecule has 15 heteroatoms. The highest BCUT2D eigenvalue weighted by Gasteiger charge is 2.38. The number of aryl methyl sites for hydroxylation is 1. The number of hydrogen-bond acceptors (Lipinski definition) is 7. The fourth-order valence-corrected chi connectivity index (χ4v) is 4.63. The minimum absolute atomic E-state index is 0.170. The van der Waals surface area contributed by atoms with Gasteiger partial charge in [-0.05, 0) is 56.7 Å². The molecule has 2 heterocycles. The maximum absolute atomic E-state index is 12.7. The third-order valence-corrected chi connectivity index (χ3v) is 6.41. The van der Waals surface area contributed by atoms with E-state index in [1.807, 2.05) is 6.92 Å². The number of ether oxygens (including phenoxy) is 1. The summed E-state index contributed by atoms with van der Waals surface area (Å²) in [7, 11) is 0. The molecule has 3 rings (SSSR count). The summed E-state index contributed by atoms with van der Waals surface area (Å²) in [5.74, 6) is -4.11. The van der Waals surface area contributed by atoms with Crippen LogP contribution in [0.3, 0.4) is 0 Å². The molecule has 0 radical (unpaired) electrons. The lowest BCUT2D eigenvalue weighted by Gasteiger charge is -2.16. The van der Waals surface area contributed by atoms with Crippen LogP contribution in [-0.2, 0) is 27.3 Å². The van der Waals surface area contributed by atoms with Gasteiger partial charge in [0, 0.05) is 28.1 Å². The summed E-state index contributed by atoms with van der Waals surface area (Å²) in [5.41, 5.74) is 2.38. The van der Waals surface area contributed by atoms with Crippen molar-refractivity contribution in [3.05, 3.63) is 68.4 Å². The van der Waals surface area contributed by atoms with Crippen molar-refractivity contribution in [3.63, 3.8) is 0 Å². The van der Waals surface area contributed by atoms with Crippen molar-refractivity contribution < 1.29 is 42.5 Å². The first kappa shape index (κ1) is 32.9. The molecule has 3 aromatic rings. The number of carboxylic acids is 2. The number of carbonyl (C=O) groups is 3. The van der Waals surface area contributed by atoms with Crippen LogP contribution in [0.15, 0.2) is 36.5 Å². The van der Waals surface area contributed by atoms with E-state index in [1.54, 1.807) is 50.4 Å². The van der Waals surface area contributed by atoms with E-state index in [0.717, 1.165) is 10.4 Å². The molecular formula is C25H24Cl2F3N3O6S. The average molecular weight is 622 g/mol. The standard InChI is InChI=1S/C23H23Cl2N3O4S.C2HF3O2/c1-12(2)32-19(23(30)31)9-14-6-7-26-16(8-14)11-27-21(29)20-13(3)33-22(28-20)17-5-4-15(24)10-18(17)25;3-2(4,5)1(6)7/h4-8,10,12,19H,9,11H2,1-3H3,(H,27,29)(H,30,31);(H,6,7). The number of pyridine rings is 1. The highest BCUT2D eigenvalue weighted by Crippen LogP contribution is 2.34. The number of aromatic nitrogens is 2. The van der Waals surface area contributed by atoms with Gasteiger partial charge in [-0.15, -0.1) is 11.3 Å². The lowest BCUT2D eigenvalue weighted by Crippen LogP contribution is -2.29. The number of nitrogens with one attached hydrogen (secondary N) is 1. The lowest BCUT2D eigenvalue weighted by molar-refractivity contribution is -0.192. The van der Waals surface area contributed by atoms with Crippen LogP contribution in [0.4, 0.5) is 13.2 Å². The number of halogens is 5. The van der Waals surface area contributed by atoms with Crippen LogP contribution in [0, 0.1) is 6.92 Å². The van der Waals surface area contributed by atoms with Gasteiger partial charge in [0.1, 0.15) is 10.7 Å². The molecule has 1 atom stereocenters. The van der Waals surface area contributed by atoms with Gasteiger partial charge < -0.3 is 20.3 Å². The molecule has 2 aromatic heterocycles. The molecule has 0 aliphatic heterocycles. The Hall–Kier alpha value is -3.26. The Kier molecular flexibility index (Phi) is 11.9. The van der Waals surface area contributed by atoms with Crippen LogP contribution in [0.5, 0.6) is 0 Å². The predicted octanol–water partition coefficient (Wildman–Crippen LogP) is 5.80. The van der Waals surface area contributed by atoms with Gasteiger partial charge in [0.25, 0.3) is 5.91 Å². The van der Waals surface area contributed by atoms with E-state index in [4.69, 9.17) is 37.8 Å². The summed E-state index contributed by atoms with van der Waals surface area (Å²) in [6.45, 7) is 5.56. The molecule has 0 aliphatic rings. The zero-order valence-electron chi connectivity index (χ0n) is 21.3. The van der Waals surface area contributed by atoms with Gasteiger partial charge >= 0.3 is 18.1 Å². The van der Waals surface area contributed by atoms with E-state index < -0.39 is 24.2 Å². The zero-order valence-corrected chi connectivity index (χ0v) is 23.6. The molecule has 0 aliphatic carbocycles. The maximum atomic E-state index is 12.7. The number of alkyl halides is 3. The molecule has 0 saturated heterocycles. The minimum atomic E-state index is -5.08. The fourth-order valence-electron chi connectivity index (χ4n) is 3.13. The molecule has 3 N–H and O–H groups in total. The van der Waals surface area contributed by atoms with E-state index in [1.165, 1.54) is 11.3 Å². The van der Waals surface area contributed by atoms with Gasteiger partial charge in [0.15, 0.2) is 6.10 Å². The Balaban J connectivity index is 0.000000708. The number of rotatable bonds is 9. The fraction of sp³-hybridized carbons (Fsp3) is 0.320. The number of thiazole rings is 1. The van der Waals surface area contributed by atoms with Crippen LogP contribution < -0.4 is 5.32 Å². The van der Waals surface area contributed by atoms with Crippen LogP contribution in [0.2, 0.25) is 10.0 Å². The topological polar surface area (TPSA) is 139 Å². The molecule has 0 saturated carbocycles. The second kappa shape index (κ2) is 14.4. The number of nitrogens with zero attached hydrogens (tertiary/aromatic N) is 2. The third kappa shape index (κ3) is 10.0. The van der Waals surface area contributed by atoms with Crippen LogP contribution in [-0.4, -0.2) is 56.4 Å². The van der Waals surface area contributed by atoms with Crippen molar-refractivity contribution in [2.75, 3.05) is 0 Å². The Bertz CT molecular complexity index is 1370. The van der Waals surface area contributed by atoms with E-state index in [2.05, 4.69) is 15.3 Å². The second-order valence-corrected chi connectivity index (χ2v) is 10.5. The molecule has 1 aromatic carbocycles. The Labute approximate surface area is 240 Å². The summed E-state index contributed by atoms with van der Waals surface area (Å²) >= 11 is 13.6. The SMILES string of the molecule is Cc1sc(-c2ccc(Cl)cc2Cl)nc1C(=O)NCc1cc(CC(OC(C)C)C(=O)O)ccn1.O=C(O)C(F)(F)F. The van der Waals surface area contributed by atoms with Crippen molar-refractivity contribution >= 4 is 52.4 Å². The number of benzene rings is 1. The van der Waals surface area contributed by atoms with Crippen LogP contribution in [0.1, 0.15) is 40.5 Å². The molecule has 0 spiro atoms. The summed E-state index contributed by atoms with van der Waals surface area (Å²) in [6.07, 6.45) is -4.46. The highest BCUT2D eigenvalue weighted by molar-refractivity contribution is 7.15. The van der Waals surface area contributed by atoms with Crippen LogP contribution >= 0.6 is 34.5 Å². The van der Waals surface area contributed by atoms with Gasteiger partial charge in [-0.1, -0.05) is 23.2 Å². The van der Waals surface area contributed by atoms with Gasteiger partial charge in [-0.25, -0.2) is 14.6 Å². The lowest BCUT2D eigenvalue weighted by atomic mass is 10.1. The largest absolute Gasteiger partial charge is 0.490 e. The Morgan fingerprint density at radius 3 is 2.33 bits per heavy atom. The maximum Gasteiger partial charge on any atom is 0.490 e. The normalized spacial score (nSPS) is 11.9. The van der Waals surface area contributed by atoms with E-state index in [-0.39, 0.29) is 25.0 Å². The molecule has 1 unspecified atom stereocenters. The van der Waals surface area contributed by atoms with Crippen molar-refractivity contribution in [2.45, 2.75) is 52.1 Å². The molecule has 1 amide bonds. The van der Waals surface area contributed by atoms with E-state index in [9.17, 15) is 27.9 Å². The van der Waals surface area contributed by atoms with Gasteiger partial charge in [0.05, 0.1) is 23.4 Å². The first-order chi connectivity index (χ1) is 18.6. The molecule has 40 heavy (non-hydrogen) atoms. The molecule has 0 fully saturated rings. The average Bonchev–Trinajstić information content (AvgIpc) is 3.23. The smallest absolute Gasteiger partial charge is 0.479 e. The van der Waals surface area contributed by atoms with Gasteiger partial charge in [0.2, 0.25) is 0 Å². The van der Waals surface area contributed by atoms with Gasteiger partial charge in [-0.3, -0.25) is 9.78 Å². The van der Waals surface area contributed by atoms with Crippen molar-refractivity contribution in [1.29, 1.82) is 0 Å². The second-order valence-electron chi connectivity index (χ2n) is 8.40. The van der Waals surface area contributed by atoms with Crippen molar-refractivity contribution in [2.24, 2.45) is 0 Å². The molecule has 0 bridgehead atoms. The molecule has 216 valence electrons. The van der Waals surface area contributed by atoms with Crippen molar-refractivity contribution in [1.82, 2.24) is 15.3 Å². The van der Waals surface area contributed by atoms with Crippen molar-refractivity contribution in [3.8, 4) is 10.6 Å². The molecular weight excluding hydrogens is 598 g/mol. The third-order valence-electron chi connectivity index (χ3n) is 4.86. The predicted molar refractivity (Wildman–Crippen MR) is 143 cm³/mol. The van der Waals surface area contributed by atoms with Crippen LogP contribution in [0.25, 0.3) is 10.6 Å². The zero-order chi connectivity index (χ0) is 30.2.